The van der Waals surface area contributed by atoms with E-state index in [1.54, 1.807) is 0 Å². The maximum Gasteiger partial charge on any atom is 0.0282 e. The predicted octanol–water partition coefficient (Wildman–Crippen LogP) is 2.47. The molecule has 2 aliphatic carbocycles. The van der Waals surface area contributed by atoms with Crippen LogP contribution in [0.3, 0.4) is 0 Å². The summed E-state index contributed by atoms with van der Waals surface area (Å²) in [5.74, 6) is 1.68. The zero-order valence-corrected chi connectivity index (χ0v) is 7.92. The fraction of sp³-hybridized carbons (Fsp3) is 0.818. The Morgan fingerprint density at radius 2 is 2.25 bits per heavy atom. The second kappa shape index (κ2) is 3.21. The standard InChI is InChI=1S/C11H19N/c1-8(9-6-7-9)11(12)10-4-2-3-5-10/h4,8-9,11H,2-3,5-7,12H2,1H3. The van der Waals surface area contributed by atoms with Crippen molar-refractivity contribution in [1.82, 2.24) is 0 Å². The molecule has 2 atom stereocenters. The van der Waals surface area contributed by atoms with Crippen molar-refractivity contribution in [2.75, 3.05) is 0 Å². The van der Waals surface area contributed by atoms with Crippen LogP contribution in [0.15, 0.2) is 11.6 Å². The zero-order valence-electron chi connectivity index (χ0n) is 7.92. The van der Waals surface area contributed by atoms with Gasteiger partial charge in [0.1, 0.15) is 0 Å². The summed E-state index contributed by atoms with van der Waals surface area (Å²) in [6, 6.07) is 0.375. The molecule has 1 saturated carbocycles. The lowest BCUT2D eigenvalue weighted by Crippen LogP contribution is -2.31. The molecular weight excluding hydrogens is 146 g/mol. The summed E-state index contributed by atoms with van der Waals surface area (Å²) in [5, 5.41) is 0. The molecule has 68 valence electrons. The molecule has 12 heavy (non-hydrogen) atoms. The first-order chi connectivity index (χ1) is 5.79. The number of allylic oxidation sites excluding steroid dienone is 1. The highest BCUT2D eigenvalue weighted by molar-refractivity contribution is 5.16. The molecule has 2 rings (SSSR count). The fourth-order valence-electron chi connectivity index (χ4n) is 2.25. The highest BCUT2D eigenvalue weighted by Crippen LogP contribution is 2.40. The maximum atomic E-state index is 6.20. The topological polar surface area (TPSA) is 26.0 Å². The quantitative estimate of drug-likeness (QED) is 0.639. The van der Waals surface area contributed by atoms with Crippen molar-refractivity contribution < 1.29 is 0 Å². The van der Waals surface area contributed by atoms with E-state index >= 15 is 0 Å². The Morgan fingerprint density at radius 1 is 1.50 bits per heavy atom. The summed E-state index contributed by atoms with van der Waals surface area (Å²) in [6.45, 7) is 2.32. The largest absolute Gasteiger partial charge is 0.324 e. The number of hydrogen-bond donors (Lipinski definition) is 1. The molecule has 0 aromatic rings. The lowest BCUT2D eigenvalue weighted by Gasteiger charge is -2.20. The number of rotatable bonds is 3. The van der Waals surface area contributed by atoms with E-state index in [2.05, 4.69) is 13.0 Å². The van der Waals surface area contributed by atoms with Gasteiger partial charge in [-0.15, -0.1) is 0 Å². The monoisotopic (exact) mass is 165 g/mol. The minimum Gasteiger partial charge on any atom is -0.324 e. The lowest BCUT2D eigenvalue weighted by atomic mass is 9.91. The molecule has 1 nitrogen and oxygen atoms in total. The maximum absolute atomic E-state index is 6.20. The zero-order chi connectivity index (χ0) is 8.55. The summed E-state index contributed by atoms with van der Waals surface area (Å²) in [5.41, 5.74) is 7.73. The van der Waals surface area contributed by atoms with E-state index in [0.29, 0.717) is 6.04 Å². The first-order valence-electron chi connectivity index (χ1n) is 5.23. The average Bonchev–Trinajstić information content (AvgIpc) is 2.79. The molecule has 0 spiro atoms. The third-order valence-electron chi connectivity index (χ3n) is 3.44. The van der Waals surface area contributed by atoms with Gasteiger partial charge in [0.15, 0.2) is 0 Å². The average molecular weight is 165 g/mol. The Balaban J connectivity index is 1.93. The molecule has 0 heterocycles. The van der Waals surface area contributed by atoms with Gasteiger partial charge in [0.2, 0.25) is 0 Å². The van der Waals surface area contributed by atoms with Crippen LogP contribution in [-0.4, -0.2) is 6.04 Å². The third kappa shape index (κ3) is 1.56. The molecule has 2 aliphatic rings. The SMILES string of the molecule is CC(C1CC1)C(N)C1=CCCC1. The van der Waals surface area contributed by atoms with Gasteiger partial charge in [-0.3, -0.25) is 0 Å². The smallest absolute Gasteiger partial charge is 0.0282 e. The minimum absolute atomic E-state index is 0.375. The van der Waals surface area contributed by atoms with E-state index in [1.165, 1.54) is 37.7 Å². The summed E-state index contributed by atoms with van der Waals surface area (Å²) in [7, 11) is 0. The second-order valence-electron chi connectivity index (χ2n) is 4.39. The Kier molecular flexibility index (Phi) is 2.22. The summed E-state index contributed by atoms with van der Waals surface area (Å²) >= 11 is 0. The van der Waals surface area contributed by atoms with Crippen molar-refractivity contribution in [2.45, 2.75) is 45.1 Å². The second-order valence-corrected chi connectivity index (χ2v) is 4.39. The van der Waals surface area contributed by atoms with Gasteiger partial charge in [-0.1, -0.05) is 18.6 Å². The normalized spacial score (nSPS) is 28.3. The van der Waals surface area contributed by atoms with Gasteiger partial charge in [-0.25, -0.2) is 0 Å². The van der Waals surface area contributed by atoms with Crippen molar-refractivity contribution in [3.8, 4) is 0 Å². The molecule has 0 aromatic heterocycles. The molecule has 0 amide bonds. The molecule has 1 fully saturated rings. The lowest BCUT2D eigenvalue weighted by molar-refractivity contribution is 0.439. The Hall–Kier alpha value is -0.300. The van der Waals surface area contributed by atoms with Crippen LogP contribution < -0.4 is 5.73 Å². The van der Waals surface area contributed by atoms with E-state index < -0.39 is 0 Å². The van der Waals surface area contributed by atoms with E-state index in [9.17, 15) is 0 Å². The summed E-state index contributed by atoms with van der Waals surface area (Å²) in [6.07, 6.45) is 9.06. The van der Waals surface area contributed by atoms with Crippen molar-refractivity contribution in [3.63, 3.8) is 0 Å². The van der Waals surface area contributed by atoms with Crippen molar-refractivity contribution in [2.24, 2.45) is 17.6 Å². The van der Waals surface area contributed by atoms with Crippen LogP contribution in [0.1, 0.15) is 39.0 Å². The first-order valence-corrected chi connectivity index (χ1v) is 5.23. The molecule has 0 bridgehead atoms. The molecule has 1 heteroatoms. The van der Waals surface area contributed by atoms with Crippen LogP contribution >= 0.6 is 0 Å². The highest BCUT2D eigenvalue weighted by Gasteiger charge is 2.33. The van der Waals surface area contributed by atoms with E-state index in [-0.39, 0.29) is 0 Å². The Bertz CT molecular complexity index is 191. The van der Waals surface area contributed by atoms with Gasteiger partial charge < -0.3 is 5.73 Å². The van der Waals surface area contributed by atoms with Crippen LogP contribution in [0, 0.1) is 11.8 Å². The van der Waals surface area contributed by atoms with Gasteiger partial charge in [0, 0.05) is 6.04 Å². The summed E-state index contributed by atoms with van der Waals surface area (Å²) in [4.78, 5) is 0. The van der Waals surface area contributed by atoms with Gasteiger partial charge in [0.25, 0.3) is 0 Å². The molecule has 0 saturated heterocycles. The first kappa shape index (κ1) is 8.31. The van der Waals surface area contributed by atoms with E-state index in [1.807, 2.05) is 0 Å². The van der Waals surface area contributed by atoms with Crippen molar-refractivity contribution in [1.29, 1.82) is 0 Å². The van der Waals surface area contributed by atoms with Gasteiger partial charge in [0.05, 0.1) is 0 Å². The number of nitrogens with two attached hydrogens (primary N) is 1. The van der Waals surface area contributed by atoms with E-state index in [0.717, 1.165) is 11.8 Å². The van der Waals surface area contributed by atoms with Gasteiger partial charge in [-0.05, 0) is 43.9 Å². The third-order valence-corrected chi connectivity index (χ3v) is 3.44. The van der Waals surface area contributed by atoms with Gasteiger partial charge in [-0.2, -0.15) is 0 Å². The van der Waals surface area contributed by atoms with Crippen LogP contribution in [0.2, 0.25) is 0 Å². The molecule has 2 unspecified atom stereocenters. The highest BCUT2D eigenvalue weighted by atomic mass is 14.7. The predicted molar refractivity (Wildman–Crippen MR) is 51.8 cm³/mol. The van der Waals surface area contributed by atoms with Gasteiger partial charge >= 0.3 is 0 Å². The Labute approximate surface area is 75.0 Å². The molecule has 2 N–H and O–H groups in total. The van der Waals surface area contributed by atoms with Crippen LogP contribution in [-0.2, 0) is 0 Å². The van der Waals surface area contributed by atoms with Crippen LogP contribution in [0.5, 0.6) is 0 Å². The molecule has 0 radical (unpaired) electrons. The fourth-order valence-corrected chi connectivity index (χ4v) is 2.25. The molecule has 0 aliphatic heterocycles. The number of hydrogen-bond acceptors (Lipinski definition) is 1. The molecular formula is C11H19N. The minimum atomic E-state index is 0.375. The van der Waals surface area contributed by atoms with Crippen molar-refractivity contribution in [3.05, 3.63) is 11.6 Å². The molecule has 0 aromatic carbocycles. The van der Waals surface area contributed by atoms with Crippen LogP contribution in [0.25, 0.3) is 0 Å². The Morgan fingerprint density at radius 3 is 2.75 bits per heavy atom. The van der Waals surface area contributed by atoms with E-state index in [4.69, 9.17) is 5.73 Å². The van der Waals surface area contributed by atoms with Crippen LogP contribution in [0.4, 0.5) is 0 Å². The van der Waals surface area contributed by atoms with Crippen molar-refractivity contribution >= 4 is 0 Å². The summed E-state index contributed by atoms with van der Waals surface area (Å²) < 4.78 is 0.